The number of carbonyl (C=O) groups excluding carboxylic acids is 1. The van der Waals surface area contributed by atoms with Crippen LogP contribution in [0.25, 0.3) is 5.69 Å². The van der Waals surface area contributed by atoms with Crippen LogP contribution in [0.3, 0.4) is 0 Å². The highest BCUT2D eigenvalue weighted by Crippen LogP contribution is 2.41. The van der Waals surface area contributed by atoms with Gasteiger partial charge in [0.1, 0.15) is 6.54 Å². The zero-order valence-corrected chi connectivity index (χ0v) is 19.6. The molecule has 1 saturated heterocycles. The van der Waals surface area contributed by atoms with Gasteiger partial charge < -0.3 is 19.5 Å². The van der Waals surface area contributed by atoms with Crippen LogP contribution in [0.1, 0.15) is 47.2 Å². The smallest absolute Gasteiger partial charge is 0.325 e. The lowest BCUT2D eigenvalue weighted by Gasteiger charge is -2.27. The number of aryl methyl sites for hydroxylation is 2. The third kappa shape index (κ3) is 4.12. The number of nitrogens with one attached hydrogen (secondary N) is 1. The molecule has 6 nitrogen and oxygen atoms in total. The Morgan fingerprint density at radius 1 is 1.16 bits per heavy atom. The van der Waals surface area contributed by atoms with E-state index in [2.05, 4.69) is 66.0 Å². The predicted octanol–water partition coefficient (Wildman–Crippen LogP) is 4.33. The molecule has 0 amide bonds. The van der Waals surface area contributed by atoms with Crippen molar-refractivity contribution in [2.45, 2.75) is 39.8 Å². The minimum Gasteiger partial charge on any atom is -0.465 e. The third-order valence-corrected chi connectivity index (χ3v) is 6.20. The first-order valence-corrected chi connectivity index (χ1v) is 11.2. The van der Waals surface area contributed by atoms with Crippen molar-refractivity contribution < 1.29 is 9.53 Å². The van der Waals surface area contributed by atoms with Gasteiger partial charge in [-0.3, -0.25) is 9.78 Å². The topological polar surface area (TPSA) is 59.4 Å². The number of ether oxygens (including phenoxy) is 1. The van der Waals surface area contributed by atoms with E-state index in [-0.39, 0.29) is 24.6 Å². The molecule has 7 heteroatoms. The first kappa shape index (κ1) is 22.0. The van der Waals surface area contributed by atoms with Gasteiger partial charge in [0.25, 0.3) is 0 Å². The molecule has 0 saturated carbocycles. The molecule has 1 N–H and O–H groups in total. The number of rotatable bonds is 6. The fourth-order valence-electron chi connectivity index (χ4n) is 4.51. The van der Waals surface area contributed by atoms with E-state index >= 15 is 0 Å². The van der Waals surface area contributed by atoms with Gasteiger partial charge in [-0.25, -0.2) is 0 Å². The maximum atomic E-state index is 12.4. The molecule has 2 atom stereocenters. The molecule has 166 valence electrons. The largest absolute Gasteiger partial charge is 0.465 e. The van der Waals surface area contributed by atoms with Gasteiger partial charge in [0.15, 0.2) is 5.11 Å². The van der Waals surface area contributed by atoms with E-state index in [4.69, 9.17) is 17.0 Å². The Bertz CT molecular complexity index is 1140. The van der Waals surface area contributed by atoms with Crippen LogP contribution >= 0.6 is 12.2 Å². The molecule has 4 rings (SSSR count). The van der Waals surface area contributed by atoms with Gasteiger partial charge in [0, 0.05) is 23.3 Å². The summed E-state index contributed by atoms with van der Waals surface area (Å²) >= 11 is 5.66. The van der Waals surface area contributed by atoms with Crippen LogP contribution in [0.15, 0.2) is 54.7 Å². The Morgan fingerprint density at radius 3 is 2.66 bits per heavy atom. The van der Waals surface area contributed by atoms with Crippen LogP contribution in [0.2, 0.25) is 0 Å². The molecule has 0 spiro atoms. The molecule has 1 fully saturated rings. The number of benzene rings is 1. The van der Waals surface area contributed by atoms with Crippen LogP contribution in [0.4, 0.5) is 0 Å². The van der Waals surface area contributed by atoms with Crippen molar-refractivity contribution >= 4 is 23.3 Å². The number of hydrogen-bond acceptors (Lipinski definition) is 4. The minimum atomic E-state index is -0.296. The summed E-state index contributed by atoms with van der Waals surface area (Å²) in [6.45, 7) is 8.54. The zero-order valence-electron chi connectivity index (χ0n) is 18.8. The predicted molar refractivity (Wildman–Crippen MR) is 129 cm³/mol. The van der Waals surface area contributed by atoms with Gasteiger partial charge in [-0.15, -0.1) is 0 Å². The Hall–Kier alpha value is -3.19. The van der Waals surface area contributed by atoms with Crippen molar-refractivity contribution in [2.75, 3.05) is 13.2 Å². The maximum absolute atomic E-state index is 12.4. The first-order valence-electron chi connectivity index (χ1n) is 10.8. The van der Waals surface area contributed by atoms with Gasteiger partial charge >= 0.3 is 5.97 Å². The summed E-state index contributed by atoms with van der Waals surface area (Å²) in [6.07, 6.45) is 1.78. The number of thiocarbonyl (C=S) groups is 1. The number of carbonyl (C=O) groups is 1. The summed E-state index contributed by atoms with van der Waals surface area (Å²) in [5.41, 5.74) is 6.54. The summed E-state index contributed by atoms with van der Waals surface area (Å²) in [7, 11) is 0. The number of pyridine rings is 1. The van der Waals surface area contributed by atoms with E-state index in [9.17, 15) is 4.79 Å². The van der Waals surface area contributed by atoms with Crippen molar-refractivity contribution in [3.05, 3.63) is 82.9 Å². The Labute approximate surface area is 194 Å². The molecular formula is C25H28N4O2S. The molecule has 0 bridgehead atoms. The van der Waals surface area contributed by atoms with Crippen molar-refractivity contribution in [3.8, 4) is 5.69 Å². The minimum absolute atomic E-state index is 0.0851. The quantitative estimate of drug-likeness (QED) is 0.447. The average Bonchev–Trinajstić information content (AvgIpc) is 3.24. The van der Waals surface area contributed by atoms with Crippen LogP contribution in [0, 0.1) is 20.8 Å². The summed E-state index contributed by atoms with van der Waals surface area (Å²) < 4.78 is 7.48. The molecule has 1 aliphatic heterocycles. The van der Waals surface area contributed by atoms with E-state index in [0.717, 1.165) is 28.3 Å². The van der Waals surface area contributed by atoms with E-state index < -0.39 is 0 Å². The molecule has 32 heavy (non-hydrogen) atoms. The lowest BCUT2D eigenvalue weighted by Crippen LogP contribution is -2.35. The van der Waals surface area contributed by atoms with E-state index in [1.807, 2.05) is 30.0 Å². The Balaban J connectivity index is 1.81. The SMILES string of the molecule is CCOC(=O)CN1C(=S)N[C@@H](c2ccccn2)[C@@H]1c1cc(C)n(-c2cccc(C)c2)c1C. The standard InChI is InChI=1S/C25H28N4O2S/c1-5-31-22(30)15-28-24(23(27-25(28)32)21-11-6-7-12-26-21)20-14-17(3)29(18(20)4)19-10-8-9-16(2)13-19/h6-14,23-24H,5,15H2,1-4H3,(H,27,32)/t23-,24-/m0/s1. The lowest BCUT2D eigenvalue weighted by atomic mass is 9.97. The molecule has 2 aromatic heterocycles. The number of nitrogens with zero attached hydrogens (tertiary/aromatic N) is 3. The highest BCUT2D eigenvalue weighted by molar-refractivity contribution is 7.80. The van der Waals surface area contributed by atoms with Gasteiger partial charge in [-0.1, -0.05) is 18.2 Å². The second-order valence-electron chi connectivity index (χ2n) is 8.06. The fraction of sp³-hybridized carbons (Fsp3) is 0.320. The Kier molecular flexibility index (Phi) is 6.28. The number of esters is 1. The molecular weight excluding hydrogens is 420 g/mol. The third-order valence-electron chi connectivity index (χ3n) is 5.85. The second-order valence-corrected chi connectivity index (χ2v) is 8.45. The first-order chi connectivity index (χ1) is 15.4. The monoisotopic (exact) mass is 448 g/mol. The van der Waals surface area contributed by atoms with Gasteiger partial charge in [0.05, 0.1) is 24.4 Å². The lowest BCUT2D eigenvalue weighted by molar-refractivity contribution is -0.143. The van der Waals surface area contributed by atoms with E-state index in [0.29, 0.717) is 11.7 Å². The van der Waals surface area contributed by atoms with Gasteiger partial charge in [0.2, 0.25) is 0 Å². The molecule has 0 radical (unpaired) electrons. The van der Waals surface area contributed by atoms with Gasteiger partial charge in [-0.05, 0) is 81.4 Å². The van der Waals surface area contributed by atoms with E-state index in [1.54, 1.807) is 6.20 Å². The summed E-state index contributed by atoms with van der Waals surface area (Å²) in [4.78, 5) is 18.9. The molecule has 1 aromatic carbocycles. The second kappa shape index (κ2) is 9.12. The summed E-state index contributed by atoms with van der Waals surface area (Å²) in [5, 5.41) is 3.93. The van der Waals surface area contributed by atoms with Crippen molar-refractivity contribution in [1.82, 2.24) is 19.8 Å². The van der Waals surface area contributed by atoms with Gasteiger partial charge in [-0.2, -0.15) is 0 Å². The van der Waals surface area contributed by atoms with Crippen LogP contribution in [0.5, 0.6) is 0 Å². The zero-order chi connectivity index (χ0) is 22.8. The van der Waals surface area contributed by atoms with Crippen LogP contribution in [-0.4, -0.2) is 38.7 Å². The fourth-order valence-corrected chi connectivity index (χ4v) is 4.82. The molecule has 0 unspecified atom stereocenters. The van der Waals surface area contributed by atoms with Crippen molar-refractivity contribution in [1.29, 1.82) is 0 Å². The molecule has 3 aromatic rings. The number of aromatic nitrogens is 2. The summed E-state index contributed by atoms with van der Waals surface area (Å²) in [5.74, 6) is -0.296. The maximum Gasteiger partial charge on any atom is 0.325 e. The van der Waals surface area contributed by atoms with Crippen LogP contribution < -0.4 is 5.32 Å². The molecule has 0 aliphatic carbocycles. The average molecular weight is 449 g/mol. The van der Waals surface area contributed by atoms with E-state index in [1.165, 1.54) is 5.56 Å². The highest BCUT2D eigenvalue weighted by atomic mass is 32.1. The Morgan fingerprint density at radius 2 is 1.97 bits per heavy atom. The molecule has 1 aliphatic rings. The molecule has 3 heterocycles. The number of hydrogen-bond donors (Lipinski definition) is 1. The summed E-state index contributed by atoms with van der Waals surface area (Å²) in [6, 6.07) is 16.1. The normalized spacial score (nSPS) is 18.0. The highest BCUT2D eigenvalue weighted by Gasteiger charge is 2.42. The van der Waals surface area contributed by atoms with Crippen molar-refractivity contribution in [3.63, 3.8) is 0 Å². The van der Waals surface area contributed by atoms with Crippen molar-refractivity contribution in [2.24, 2.45) is 0 Å². The van der Waals surface area contributed by atoms with Crippen LogP contribution in [-0.2, 0) is 9.53 Å².